The largest absolute Gasteiger partial charge is 0.370 e. The zero-order chi connectivity index (χ0) is 10.3. The van der Waals surface area contributed by atoms with Crippen LogP contribution in [0.5, 0.6) is 0 Å². The molecule has 0 heterocycles. The number of nitrogens with two attached hydrogens (primary N) is 2. The summed E-state index contributed by atoms with van der Waals surface area (Å²) >= 11 is 0. The maximum atomic E-state index is 10.7. The van der Waals surface area contributed by atoms with E-state index in [9.17, 15) is 4.79 Å². The fourth-order valence-corrected chi connectivity index (χ4v) is 1.01. The van der Waals surface area contributed by atoms with Crippen LogP contribution in [0.4, 0.5) is 0 Å². The Morgan fingerprint density at radius 3 is 2.54 bits per heavy atom. The molecule has 0 aromatic heterocycles. The molecule has 0 amide bonds. The lowest BCUT2D eigenvalue weighted by Gasteiger charge is -2.13. The number of carbonyl (C=O) groups is 1. The van der Waals surface area contributed by atoms with Gasteiger partial charge in [-0.1, -0.05) is 0 Å². The van der Waals surface area contributed by atoms with Gasteiger partial charge in [-0.2, -0.15) is 0 Å². The van der Waals surface area contributed by atoms with Gasteiger partial charge in [-0.15, -0.1) is 0 Å². The van der Waals surface area contributed by atoms with E-state index in [0.29, 0.717) is 13.1 Å². The number of hydrogen-bond acceptors (Lipinski definition) is 3. The van der Waals surface area contributed by atoms with Gasteiger partial charge >= 0.3 is 0 Å². The molecule has 0 rings (SSSR count). The first-order valence-electron chi connectivity index (χ1n) is 4.25. The maximum absolute atomic E-state index is 10.7. The van der Waals surface area contributed by atoms with Crippen molar-refractivity contribution in [3.63, 3.8) is 0 Å². The molecule has 0 aromatic carbocycles. The van der Waals surface area contributed by atoms with Crippen molar-refractivity contribution in [1.82, 2.24) is 4.90 Å². The van der Waals surface area contributed by atoms with Crippen molar-refractivity contribution >= 4 is 11.7 Å². The highest BCUT2D eigenvalue weighted by Gasteiger charge is 2.00. The van der Waals surface area contributed by atoms with Gasteiger partial charge in [0.2, 0.25) is 0 Å². The van der Waals surface area contributed by atoms with Gasteiger partial charge in [0.1, 0.15) is 5.78 Å². The quantitative estimate of drug-likeness (QED) is 0.322. The van der Waals surface area contributed by atoms with Crippen molar-refractivity contribution in [1.29, 1.82) is 0 Å². The van der Waals surface area contributed by atoms with E-state index in [2.05, 4.69) is 4.99 Å². The Morgan fingerprint density at radius 2 is 2.08 bits per heavy atom. The van der Waals surface area contributed by atoms with E-state index >= 15 is 0 Å². The third-order valence-electron chi connectivity index (χ3n) is 1.48. The molecule has 0 aliphatic heterocycles. The van der Waals surface area contributed by atoms with Crippen molar-refractivity contribution in [2.45, 2.75) is 13.3 Å². The normalized spacial score (nSPS) is 10.1. The summed E-state index contributed by atoms with van der Waals surface area (Å²) in [6.07, 6.45) is 0.863. The molecule has 0 fully saturated rings. The van der Waals surface area contributed by atoms with E-state index in [-0.39, 0.29) is 11.7 Å². The lowest BCUT2D eigenvalue weighted by Crippen LogP contribution is -2.26. The highest BCUT2D eigenvalue weighted by Crippen LogP contribution is 1.88. The Kier molecular flexibility index (Phi) is 5.88. The Balaban J connectivity index is 3.42. The van der Waals surface area contributed by atoms with Gasteiger partial charge < -0.3 is 11.5 Å². The molecule has 0 saturated carbocycles. The molecular weight excluding hydrogens is 168 g/mol. The first-order valence-corrected chi connectivity index (χ1v) is 4.25. The Hall–Kier alpha value is -1.10. The smallest absolute Gasteiger partial charge is 0.185 e. The van der Waals surface area contributed by atoms with Gasteiger partial charge in [0, 0.05) is 13.1 Å². The summed E-state index contributed by atoms with van der Waals surface area (Å²) in [6, 6.07) is 0. The van der Waals surface area contributed by atoms with Crippen LogP contribution in [0.1, 0.15) is 13.3 Å². The van der Waals surface area contributed by atoms with E-state index < -0.39 is 0 Å². The van der Waals surface area contributed by atoms with Crippen molar-refractivity contribution in [2.24, 2.45) is 16.5 Å². The molecule has 0 spiro atoms. The van der Waals surface area contributed by atoms with Crippen molar-refractivity contribution < 1.29 is 4.79 Å². The minimum Gasteiger partial charge on any atom is -0.370 e. The lowest BCUT2D eigenvalue weighted by atomic mass is 10.3. The second kappa shape index (κ2) is 6.42. The minimum atomic E-state index is 0.120. The van der Waals surface area contributed by atoms with Gasteiger partial charge in [0.25, 0.3) is 0 Å². The predicted octanol–water partition coefficient (Wildman–Crippen LogP) is -0.829. The van der Waals surface area contributed by atoms with Crippen LogP contribution in [-0.4, -0.2) is 43.3 Å². The van der Waals surface area contributed by atoms with E-state index in [1.807, 2.05) is 11.9 Å². The summed E-state index contributed by atoms with van der Waals surface area (Å²) in [5.41, 5.74) is 10.3. The van der Waals surface area contributed by atoms with Crippen LogP contribution in [0.2, 0.25) is 0 Å². The van der Waals surface area contributed by atoms with Crippen molar-refractivity contribution in [2.75, 3.05) is 26.7 Å². The monoisotopic (exact) mass is 186 g/mol. The van der Waals surface area contributed by atoms with Crippen LogP contribution < -0.4 is 11.5 Å². The van der Waals surface area contributed by atoms with Gasteiger partial charge in [-0.3, -0.25) is 14.7 Å². The number of likely N-dealkylation sites (N-methyl/N-ethyl adjacent to an activating group) is 1. The van der Waals surface area contributed by atoms with Crippen LogP contribution in [0.15, 0.2) is 4.99 Å². The lowest BCUT2D eigenvalue weighted by molar-refractivity contribution is -0.117. The number of rotatable bonds is 6. The summed E-state index contributed by atoms with van der Waals surface area (Å²) in [5, 5.41) is 0. The fraction of sp³-hybridized carbons (Fsp3) is 0.750. The summed E-state index contributed by atoms with van der Waals surface area (Å²) < 4.78 is 0. The summed E-state index contributed by atoms with van der Waals surface area (Å²) in [4.78, 5) is 16.5. The second-order valence-corrected chi connectivity index (χ2v) is 3.10. The van der Waals surface area contributed by atoms with Gasteiger partial charge in [-0.25, -0.2) is 0 Å². The Labute approximate surface area is 78.8 Å². The van der Waals surface area contributed by atoms with Gasteiger partial charge in [0.05, 0.1) is 6.54 Å². The fourth-order valence-electron chi connectivity index (χ4n) is 1.01. The van der Waals surface area contributed by atoms with Crippen molar-refractivity contribution in [3.8, 4) is 0 Å². The number of nitrogens with zero attached hydrogens (tertiary/aromatic N) is 2. The Bertz CT molecular complexity index is 187. The molecule has 0 bridgehead atoms. The molecular formula is C8H18N4O. The van der Waals surface area contributed by atoms with Crippen LogP contribution in [-0.2, 0) is 4.79 Å². The van der Waals surface area contributed by atoms with Crippen LogP contribution in [0.3, 0.4) is 0 Å². The summed E-state index contributed by atoms with van der Waals surface area (Å²) in [6.45, 7) is 3.51. The average molecular weight is 186 g/mol. The zero-order valence-electron chi connectivity index (χ0n) is 8.29. The van der Waals surface area contributed by atoms with Crippen LogP contribution in [0, 0.1) is 0 Å². The first kappa shape index (κ1) is 11.9. The van der Waals surface area contributed by atoms with Gasteiger partial charge in [-0.05, 0) is 20.4 Å². The molecule has 0 saturated heterocycles. The highest BCUT2D eigenvalue weighted by atomic mass is 16.1. The number of carbonyl (C=O) groups excluding carboxylic acids is 1. The zero-order valence-corrected chi connectivity index (χ0v) is 8.29. The van der Waals surface area contributed by atoms with Gasteiger partial charge in [0.15, 0.2) is 5.96 Å². The first-order chi connectivity index (χ1) is 6.02. The van der Waals surface area contributed by atoms with Crippen molar-refractivity contribution in [3.05, 3.63) is 0 Å². The van der Waals surface area contributed by atoms with E-state index in [1.54, 1.807) is 6.92 Å². The molecule has 13 heavy (non-hydrogen) atoms. The third-order valence-corrected chi connectivity index (χ3v) is 1.48. The SMILES string of the molecule is CC(=O)CN(C)CCCN=C(N)N. The molecule has 0 unspecified atom stereocenters. The molecule has 0 radical (unpaired) electrons. The third kappa shape index (κ3) is 8.81. The van der Waals surface area contributed by atoms with E-state index in [1.165, 1.54) is 0 Å². The molecule has 0 aromatic rings. The minimum absolute atomic E-state index is 0.120. The molecule has 5 nitrogen and oxygen atoms in total. The second-order valence-electron chi connectivity index (χ2n) is 3.10. The summed E-state index contributed by atoms with van der Waals surface area (Å²) in [7, 11) is 1.90. The topological polar surface area (TPSA) is 84.7 Å². The van der Waals surface area contributed by atoms with Crippen LogP contribution >= 0.6 is 0 Å². The molecule has 0 atom stereocenters. The van der Waals surface area contributed by atoms with E-state index in [0.717, 1.165) is 13.0 Å². The maximum Gasteiger partial charge on any atom is 0.185 e. The average Bonchev–Trinajstić information content (AvgIpc) is 1.96. The van der Waals surface area contributed by atoms with Crippen LogP contribution in [0.25, 0.3) is 0 Å². The number of guanidine groups is 1. The Morgan fingerprint density at radius 1 is 1.46 bits per heavy atom. The number of hydrogen-bond donors (Lipinski definition) is 2. The predicted molar refractivity (Wildman–Crippen MR) is 53.5 cm³/mol. The standard InChI is InChI=1S/C8H18N4O/c1-7(13)6-12(2)5-3-4-11-8(9)10/h3-6H2,1-2H3,(H4,9,10,11). The molecule has 0 aliphatic carbocycles. The number of ketones is 1. The molecule has 0 aliphatic rings. The highest BCUT2D eigenvalue weighted by molar-refractivity contribution is 5.77. The summed E-state index contributed by atoms with van der Waals surface area (Å²) in [5.74, 6) is 0.290. The molecule has 4 N–H and O–H groups in total. The number of Topliss-reactive ketones (excluding diaryl/α,β-unsaturated/α-hetero) is 1. The number of aliphatic imine (C=N–C) groups is 1. The molecule has 76 valence electrons. The van der Waals surface area contributed by atoms with E-state index in [4.69, 9.17) is 11.5 Å². The molecule has 5 heteroatoms.